The number of hydrogen-bond donors (Lipinski definition) is 1. The Balaban J connectivity index is 0.000000861. The van der Waals surface area contributed by atoms with Crippen LogP contribution in [-0.2, 0) is 6.54 Å². The van der Waals surface area contributed by atoms with Crippen LogP contribution in [0.4, 0.5) is 0 Å². The first-order valence-corrected chi connectivity index (χ1v) is 6.50. The first kappa shape index (κ1) is 14.9. The van der Waals surface area contributed by atoms with Crippen molar-refractivity contribution in [2.45, 2.75) is 27.3 Å². The molecule has 1 amide bonds. The van der Waals surface area contributed by atoms with Gasteiger partial charge in [0.25, 0.3) is 5.91 Å². The summed E-state index contributed by atoms with van der Waals surface area (Å²) in [7, 11) is 0. The number of hydrogen-bond acceptors (Lipinski definition) is 2. The molecule has 2 rings (SSSR count). The van der Waals surface area contributed by atoms with Gasteiger partial charge in [-0.1, -0.05) is 37.6 Å². The number of benzene rings is 1. The van der Waals surface area contributed by atoms with Crippen molar-refractivity contribution < 1.29 is 4.79 Å². The molecule has 0 saturated carbocycles. The van der Waals surface area contributed by atoms with E-state index in [0.29, 0.717) is 12.1 Å². The monoisotopic (exact) mass is 256 g/mol. The minimum Gasteiger partial charge on any atom is -0.346 e. The van der Waals surface area contributed by atoms with Gasteiger partial charge in [0.05, 0.1) is 12.2 Å². The summed E-state index contributed by atoms with van der Waals surface area (Å²) in [5.41, 5.74) is 2.67. The third-order valence-corrected chi connectivity index (χ3v) is 2.47. The topological polar surface area (TPSA) is 42.0 Å². The van der Waals surface area contributed by atoms with Crippen molar-refractivity contribution >= 4 is 5.91 Å². The van der Waals surface area contributed by atoms with Gasteiger partial charge in [0.2, 0.25) is 0 Å². The summed E-state index contributed by atoms with van der Waals surface area (Å²) in [5.74, 6) is -0.0735. The van der Waals surface area contributed by atoms with E-state index in [4.69, 9.17) is 0 Å². The Kier molecular flexibility index (Phi) is 6.30. The molecule has 0 bridgehead atoms. The maximum atomic E-state index is 11.8. The molecule has 1 N–H and O–H groups in total. The highest BCUT2D eigenvalue weighted by atomic mass is 16.1. The Bertz CT molecular complexity index is 492. The summed E-state index contributed by atoms with van der Waals surface area (Å²) in [5, 5.41) is 2.83. The number of carbonyl (C=O) groups is 1. The fourth-order valence-corrected chi connectivity index (χ4v) is 1.48. The largest absolute Gasteiger partial charge is 0.346 e. The van der Waals surface area contributed by atoms with Gasteiger partial charge in [-0.2, -0.15) is 0 Å². The van der Waals surface area contributed by atoms with Gasteiger partial charge in [0, 0.05) is 11.8 Å². The molecule has 19 heavy (non-hydrogen) atoms. The number of nitrogens with zero attached hydrogens (tertiary/aromatic N) is 1. The van der Waals surface area contributed by atoms with Crippen LogP contribution in [0, 0.1) is 6.92 Å². The zero-order valence-electron chi connectivity index (χ0n) is 11.7. The van der Waals surface area contributed by atoms with Gasteiger partial charge in [-0.15, -0.1) is 0 Å². The highest BCUT2D eigenvalue weighted by Crippen LogP contribution is 2.03. The summed E-state index contributed by atoms with van der Waals surface area (Å²) >= 11 is 0. The van der Waals surface area contributed by atoms with E-state index < -0.39 is 0 Å². The number of pyridine rings is 1. The second-order valence-electron chi connectivity index (χ2n) is 3.87. The molecule has 0 aliphatic heterocycles. The Morgan fingerprint density at radius 2 is 1.79 bits per heavy atom. The van der Waals surface area contributed by atoms with Crippen LogP contribution >= 0.6 is 0 Å². The normalized spacial score (nSPS) is 9.21. The second-order valence-corrected chi connectivity index (χ2v) is 3.87. The molecule has 3 nitrogen and oxygen atoms in total. The molecule has 0 radical (unpaired) electrons. The number of aromatic nitrogens is 1. The van der Waals surface area contributed by atoms with E-state index in [1.807, 2.05) is 63.2 Å². The third-order valence-electron chi connectivity index (χ3n) is 2.47. The maximum absolute atomic E-state index is 11.8. The van der Waals surface area contributed by atoms with Crippen LogP contribution < -0.4 is 5.32 Å². The van der Waals surface area contributed by atoms with Crippen LogP contribution in [0.3, 0.4) is 0 Å². The van der Waals surface area contributed by atoms with Gasteiger partial charge in [0.15, 0.2) is 0 Å². The molecule has 0 saturated heterocycles. The number of aryl methyl sites for hydroxylation is 1. The molecule has 0 aliphatic rings. The van der Waals surface area contributed by atoms with E-state index in [-0.39, 0.29) is 5.91 Å². The van der Waals surface area contributed by atoms with E-state index in [0.717, 1.165) is 11.3 Å². The van der Waals surface area contributed by atoms with Crippen molar-refractivity contribution in [3.05, 3.63) is 65.5 Å². The van der Waals surface area contributed by atoms with Gasteiger partial charge < -0.3 is 5.32 Å². The van der Waals surface area contributed by atoms with Crippen molar-refractivity contribution in [2.75, 3.05) is 0 Å². The molecule has 1 aromatic carbocycles. The third kappa shape index (κ3) is 4.92. The van der Waals surface area contributed by atoms with Crippen molar-refractivity contribution in [1.29, 1.82) is 0 Å². The summed E-state index contributed by atoms with van der Waals surface area (Å²) in [4.78, 5) is 15.9. The van der Waals surface area contributed by atoms with Gasteiger partial charge >= 0.3 is 0 Å². The standard InChI is InChI=1S/C14H14N2O.C2H6/c1-11-5-7-12(8-6-11)14(17)16-10-13-4-2-3-9-15-13;1-2/h2-9H,10H2,1H3,(H,16,17);1-2H3. The van der Waals surface area contributed by atoms with Crippen LogP contribution in [0.25, 0.3) is 0 Å². The van der Waals surface area contributed by atoms with Crippen LogP contribution in [-0.4, -0.2) is 10.9 Å². The summed E-state index contributed by atoms with van der Waals surface area (Å²) < 4.78 is 0. The van der Waals surface area contributed by atoms with Crippen LogP contribution in [0.2, 0.25) is 0 Å². The quantitative estimate of drug-likeness (QED) is 0.915. The first-order valence-electron chi connectivity index (χ1n) is 6.50. The van der Waals surface area contributed by atoms with Crippen LogP contribution in [0.15, 0.2) is 48.7 Å². The summed E-state index contributed by atoms with van der Waals surface area (Å²) in [6, 6.07) is 13.1. The Morgan fingerprint density at radius 3 is 2.37 bits per heavy atom. The zero-order valence-corrected chi connectivity index (χ0v) is 11.7. The second kappa shape index (κ2) is 8.03. The van der Waals surface area contributed by atoms with Crippen LogP contribution in [0.1, 0.15) is 35.5 Å². The van der Waals surface area contributed by atoms with Crippen molar-refractivity contribution in [3.8, 4) is 0 Å². The molecule has 1 aromatic heterocycles. The zero-order chi connectivity index (χ0) is 14.1. The van der Waals surface area contributed by atoms with Crippen molar-refractivity contribution in [1.82, 2.24) is 10.3 Å². The van der Waals surface area contributed by atoms with Gasteiger partial charge in [-0.3, -0.25) is 9.78 Å². The predicted molar refractivity (Wildman–Crippen MR) is 77.9 cm³/mol. The van der Waals surface area contributed by atoms with Crippen molar-refractivity contribution in [3.63, 3.8) is 0 Å². The first-order chi connectivity index (χ1) is 9.25. The number of carbonyl (C=O) groups excluding carboxylic acids is 1. The minimum absolute atomic E-state index is 0.0735. The van der Waals surface area contributed by atoms with E-state index in [2.05, 4.69) is 10.3 Å². The lowest BCUT2D eigenvalue weighted by Crippen LogP contribution is -2.23. The Morgan fingerprint density at radius 1 is 1.11 bits per heavy atom. The molecule has 1 heterocycles. The fraction of sp³-hybridized carbons (Fsp3) is 0.250. The number of amides is 1. The predicted octanol–water partition coefficient (Wildman–Crippen LogP) is 3.35. The minimum atomic E-state index is -0.0735. The number of rotatable bonds is 3. The van der Waals surface area contributed by atoms with Crippen LogP contribution in [0.5, 0.6) is 0 Å². The lowest BCUT2D eigenvalue weighted by Gasteiger charge is -2.04. The summed E-state index contributed by atoms with van der Waals surface area (Å²) in [6.45, 7) is 6.45. The molecule has 0 unspecified atom stereocenters. The molecule has 3 heteroatoms. The molecule has 2 aromatic rings. The lowest BCUT2D eigenvalue weighted by molar-refractivity contribution is 0.0950. The molecule has 0 aliphatic carbocycles. The van der Waals surface area contributed by atoms with E-state index >= 15 is 0 Å². The lowest BCUT2D eigenvalue weighted by atomic mass is 10.1. The van der Waals surface area contributed by atoms with Gasteiger partial charge in [0.1, 0.15) is 0 Å². The van der Waals surface area contributed by atoms with E-state index in [9.17, 15) is 4.79 Å². The van der Waals surface area contributed by atoms with Crippen molar-refractivity contribution in [2.24, 2.45) is 0 Å². The smallest absolute Gasteiger partial charge is 0.251 e. The molecular formula is C16H20N2O. The molecule has 100 valence electrons. The SMILES string of the molecule is CC.Cc1ccc(C(=O)NCc2ccccn2)cc1. The van der Waals surface area contributed by atoms with Gasteiger partial charge in [-0.05, 0) is 31.2 Å². The molecule has 0 atom stereocenters. The molecule has 0 fully saturated rings. The number of nitrogens with one attached hydrogen (secondary N) is 1. The van der Waals surface area contributed by atoms with E-state index in [1.165, 1.54) is 0 Å². The van der Waals surface area contributed by atoms with E-state index in [1.54, 1.807) is 6.20 Å². The highest BCUT2D eigenvalue weighted by molar-refractivity contribution is 5.94. The summed E-state index contributed by atoms with van der Waals surface area (Å²) in [6.07, 6.45) is 1.72. The average Bonchev–Trinajstić information content (AvgIpc) is 2.49. The Labute approximate surface area is 114 Å². The van der Waals surface area contributed by atoms with Gasteiger partial charge in [-0.25, -0.2) is 0 Å². The Hall–Kier alpha value is -2.16. The maximum Gasteiger partial charge on any atom is 0.251 e. The highest BCUT2D eigenvalue weighted by Gasteiger charge is 2.04. The molecular weight excluding hydrogens is 236 g/mol. The average molecular weight is 256 g/mol. The fourth-order valence-electron chi connectivity index (χ4n) is 1.48. The molecule has 0 spiro atoms.